The van der Waals surface area contributed by atoms with Crippen LogP contribution >= 0.6 is 27.5 Å². The Hall–Kier alpha value is -0.0900. The molecule has 1 aliphatic rings. The smallest absolute Gasteiger partial charge is 0.0465 e. The van der Waals surface area contributed by atoms with E-state index in [4.69, 9.17) is 17.3 Å². The average Bonchev–Trinajstić information content (AvgIpc) is 2.60. The molecule has 0 saturated carbocycles. The van der Waals surface area contributed by atoms with Crippen LogP contribution in [0, 0.1) is 5.92 Å². The number of nitrogens with two attached hydrogens (primary N) is 1. The highest BCUT2D eigenvalue weighted by Gasteiger charge is 2.33. The summed E-state index contributed by atoms with van der Waals surface area (Å²) in [4.78, 5) is 2.34. The molecule has 1 aromatic rings. The zero-order valence-electron chi connectivity index (χ0n) is 9.29. The van der Waals surface area contributed by atoms with Gasteiger partial charge in [-0.25, -0.2) is 0 Å². The van der Waals surface area contributed by atoms with E-state index >= 15 is 0 Å². The maximum absolute atomic E-state index is 6.30. The molecule has 2 nitrogen and oxygen atoms in total. The third-order valence-electron chi connectivity index (χ3n) is 3.36. The van der Waals surface area contributed by atoms with Gasteiger partial charge < -0.3 is 5.73 Å². The van der Waals surface area contributed by atoms with Gasteiger partial charge in [-0.15, -0.1) is 0 Å². The second-order valence-electron chi connectivity index (χ2n) is 4.38. The van der Waals surface area contributed by atoms with Crippen molar-refractivity contribution in [3.8, 4) is 0 Å². The summed E-state index contributed by atoms with van der Waals surface area (Å²) in [5.41, 5.74) is 7.02. The van der Waals surface area contributed by atoms with E-state index in [0.29, 0.717) is 12.0 Å². The zero-order chi connectivity index (χ0) is 11.7. The van der Waals surface area contributed by atoms with E-state index < -0.39 is 0 Å². The number of likely N-dealkylation sites (tertiary alicyclic amines) is 1. The van der Waals surface area contributed by atoms with E-state index in [1.807, 2.05) is 12.1 Å². The molecule has 2 rings (SSSR count). The number of nitrogens with zero attached hydrogens (tertiary/aromatic N) is 1. The van der Waals surface area contributed by atoms with Crippen LogP contribution in [0.4, 0.5) is 0 Å². The monoisotopic (exact) mass is 302 g/mol. The summed E-state index contributed by atoms with van der Waals surface area (Å²) < 4.78 is 1.02. The van der Waals surface area contributed by atoms with Crippen LogP contribution < -0.4 is 5.73 Å². The van der Waals surface area contributed by atoms with Crippen LogP contribution in [-0.2, 0) is 0 Å². The molecule has 1 saturated heterocycles. The fourth-order valence-electron chi connectivity index (χ4n) is 2.51. The minimum atomic E-state index is 0.366. The Bertz CT molecular complexity index is 383. The molecule has 2 unspecified atom stereocenters. The lowest BCUT2D eigenvalue weighted by molar-refractivity contribution is 0.279. The summed E-state index contributed by atoms with van der Waals surface area (Å²) in [6.45, 7) is 1.82. The zero-order valence-corrected chi connectivity index (χ0v) is 11.6. The summed E-state index contributed by atoms with van der Waals surface area (Å²) >= 11 is 9.73. The van der Waals surface area contributed by atoms with E-state index in [0.717, 1.165) is 29.0 Å². The van der Waals surface area contributed by atoms with E-state index in [-0.39, 0.29) is 0 Å². The summed E-state index contributed by atoms with van der Waals surface area (Å²) in [6.07, 6.45) is 1.16. The SMILES string of the molecule is CN1CCC(CN)C1c1ccc(Br)cc1Cl. The fraction of sp³-hybridized carbons (Fsp3) is 0.500. The molecule has 0 amide bonds. The third kappa shape index (κ3) is 2.28. The van der Waals surface area contributed by atoms with Crippen LogP contribution in [0.15, 0.2) is 22.7 Å². The molecule has 16 heavy (non-hydrogen) atoms. The second kappa shape index (κ2) is 5.05. The number of hydrogen-bond donors (Lipinski definition) is 1. The molecule has 4 heteroatoms. The van der Waals surface area contributed by atoms with Gasteiger partial charge in [0.15, 0.2) is 0 Å². The Labute approximate surface area is 110 Å². The average molecular weight is 304 g/mol. The van der Waals surface area contributed by atoms with Crippen molar-refractivity contribution < 1.29 is 0 Å². The van der Waals surface area contributed by atoms with Crippen molar-refractivity contribution in [2.75, 3.05) is 20.1 Å². The highest BCUT2D eigenvalue weighted by Crippen LogP contribution is 2.39. The Morgan fingerprint density at radius 1 is 1.56 bits per heavy atom. The third-order valence-corrected chi connectivity index (χ3v) is 4.18. The van der Waals surface area contributed by atoms with Crippen LogP contribution in [0.5, 0.6) is 0 Å². The first-order chi connectivity index (χ1) is 7.63. The van der Waals surface area contributed by atoms with Crippen molar-refractivity contribution in [3.63, 3.8) is 0 Å². The predicted octanol–water partition coefficient (Wildman–Crippen LogP) is 3.05. The summed E-state index contributed by atoms with van der Waals surface area (Å²) in [6, 6.07) is 6.46. The Morgan fingerprint density at radius 2 is 2.31 bits per heavy atom. The van der Waals surface area contributed by atoms with Gasteiger partial charge in [0.25, 0.3) is 0 Å². The Morgan fingerprint density at radius 3 is 2.94 bits per heavy atom. The van der Waals surface area contributed by atoms with Gasteiger partial charge in [0.2, 0.25) is 0 Å². The Kier molecular flexibility index (Phi) is 3.90. The molecule has 0 radical (unpaired) electrons. The predicted molar refractivity (Wildman–Crippen MR) is 71.7 cm³/mol. The van der Waals surface area contributed by atoms with Gasteiger partial charge in [0.1, 0.15) is 0 Å². The molecule has 1 heterocycles. The summed E-state index contributed by atoms with van der Waals surface area (Å²) in [5.74, 6) is 0.517. The van der Waals surface area contributed by atoms with E-state index in [9.17, 15) is 0 Å². The number of halogens is 2. The quantitative estimate of drug-likeness (QED) is 0.910. The van der Waals surface area contributed by atoms with Crippen molar-refractivity contribution in [1.82, 2.24) is 4.90 Å². The van der Waals surface area contributed by atoms with Crippen LogP contribution in [0.1, 0.15) is 18.0 Å². The topological polar surface area (TPSA) is 29.3 Å². The number of hydrogen-bond acceptors (Lipinski definition) is 2. The van der Waals surface area contributed by atoms with Crippen LogP contribution in [0.25, 0.3) is 0 Å². The van der Waals surface area contributed by atoms with Crippen molar-refractivity contribution in [1.29, 1.82) is 0 Å². The lowest BCUT2D eigenvalue weighted by atomic mass is 9.94. The largest absolute Gasteiger partial charge is 0.330 e. The normalized spacial score (nSPS) is 26.2. The van der Waals surface area contributed by atoms with Gasteiger partial charge in [0.05, 0.1) is 0 Å². The number of rotatable bonds is 2. The lowest BCUT2D eigenvalue weighted by Crippen LogP contribution is -2.25. The van der Waals surface area contributed by atoms with E-state index in [1.54, 1.807) is 0 Å². The molecule has 2 atom stereocenters. The molecular formula is C12H16BrClN2. The van der Waals surface area contributed by atoms with E-state index in [1.165, 1.54) is 5.56 Å². The molecule has 0 bridgehead atoms. The maximum Gasteiger partial charge on any atom is 0.0465 e. The second-order valence-corrected chi connectivity index (χ2v) is 5.70. The molecule has 1 aromatic carbocycles. The molecule has 0 aromatic heterocycles. The van der Waals surface area contributed by atoms with Gasteiger partial charge in [0, 0.05) is 15.5 Å². The molecule has 1 fully saturated rings. The first kappa shape index (κ1) is 12.4. The summed E-state index contributed by atoms with van der Waals surface area (Å²) in [7, 11) is 2.14. The minimum Gasteiger partial charge on any atom is -0.330 e. The van der Waals surface area contributed by atoms with Gasteiger partial charge in [-0.05, 0) is 50.2 Å². The van der Waals surface area contributed by atoms with Gasteiger partial charge in [-0.3, -0.25) is 4.90 Å². The highest BCUT2D eigenvalue weighted by molar-refractivity contribution is 9.10. The van der Waals surface area contributed by atoms with Crippen LogP contribution in [0.3, 0.4) is 0 Å². The minimum absolute atomic E-state index is 0.366. The number of benzene rings is 1. The van der Waals surface area contributed by atoms with Gasteiger partial charge in [-0.1, -0.05) is 33.6 Å². The molecule has 1 aliphatic heterocycles. The molecule has 0 spiro atoms. The van der Waals surface area contributed by atoms with E-state index in [2.05, 4.69) is 33.9 Å². The Balaban J connectivity index is 2.34. The van der Waals surface area contributed by atoms with Gasteiger partial charge in [-0.2, -0.15) is 0 Å². The van der Waals surface area contributed by atoms with Crippen molar-refractivity contribution in [2.45, 2.75) is 12.5 Å². The molecule has 2 N–H and O–H groups in total. The molecular weight excluding hydrogens is 288 g/mol. The molecule has 88 valence electrons. The van der Waals surface area contributed by atoms with Gasteiger partial charge >= 0.3 is 0 Å². The van der Waals surface area contributed by atoms with Crippen molar-refractivity contribution in [2.24, 2.45) is 11.7 Å². The highest BCUT2D eigenvalue weighted by atomic mass is 79.9. The standard InChI is InChI=1S/C12H16BrClN2/c1-16-5-4-8(7-15)12(16)10-3-2-9(13)6-11(10)14/h2-3,6,8,12H,4-5,7,15H2,1H3. The van der Waals surface area contributed by atoms with Crippen molar-refractivity contribution in [3.05, 3.63) is 33.3 Å². The summed E-state index contributed by atoms with van der Waals surface area (Å²) in [5, 5.41) is 0.826. The van der Waals surface area contributed by atoms with Crippen LogP contribution in [-0.4, -0.2) is 25.0 Å². The first-order valence-electron chi connectivity index (χ1n) is 5.48. The molecule has 0 aliphatic carbocycles. The van der Waals surface area contributed by atoms with Crippen LogP contribution in [0.2, 0.25) is 5.02 Å². The van der Waals surface area contributed by atoms with Crippen molar-refractivity contribution >= 4 is 27.5 Å². The lowest BCUT2D eigenvalue weighted by Gasteiger charge is -2.25. The maximum atomic E-state index is 6.30. The first-order valence-corrected chi connectivity index (χ1v) is 6.66. The fourth-order valence-corrected chi connectivity index (χ4v) is 3.29.